The van der Waals surface area contributed by atoms with Crippen molar-refractivity contribution in [2.75, 3.05) is 0 Å². The first kappa shape index (κ1) is 23.8. The molecule has 34 heavy (non-hydrogen) atoms. The van der Waals surface area contributed by atoms with Crippen LogP contribution in [-0.2, 0) is 11.4 Å². The van der Waals surface area contributed by atoms with Crippen LogP contribution in [0.15, 0.2) is 78.9 Å². The van der Waals surface area contributed by atoms with Gasteiger partial charge >= 0.3 is 5.97 Å². The quantitative estimate of drug-likeness (QED) is 0.394. The van der Waals surface area contributed by atoms with Gasteiger partial charge < -0.3 is 19.7 Å². The van der Waals surface area contributed by atoms with Gasteiger partial charge in [-0.05, 0) is 66.6 Å². The van der Waals surface area contributed by atoms with E-state index < -0.39 is 17.7 Å². The minimum atomic E-state index is -1.85. The SMILES string of the molecule is CC(Oc1ccc(C2CCCCC2)cc1)(C(=O)O)C(O)c1ccc(OCc2ccccc2)cc1. The maximum Gasteiger partial charge on any atom is 0.350 e. The third-order valence-electron chi connectivity index (χ3n) is 6.68. The Kier molecular flexibility index (Phi) is 7.53. The first-order valence-electron chi connectivity index (χ1n) is 11.9. The van der Waals surface area contributed by atoms with Crippen molar-refractivity contribution in [1.29, 1.82) is 0 Å². The molecule has 1 aliphatic carbocycles. The Bertz CT molecular complexity index is 1060. The van der Waals surface area contributed by atoms with Crippen LogP contribution in [0.3, 0.4) is 0 Å². The first-order valence-corrected chi connectivity index (χ1v) is 11.9. The van der Waals surface area contributed by atoms with Gasteiger partial charge in [-0.3, -0.25) is 0 Å². The molecule has 1 saturated carbocycles. The number of hydrogen-bond donors (Lipinski definition) is 2. The largest absolute Gasteiger partial charge is 0.489 e. The topological polar surface area (TPSA) is 76.0 Å². The molecular formula is C29H32O5. The molecule has 0 heterocycles. The fourth-order valence-electron chi connectivity index (χ4n) is 4.51. The summed E-state index contributed by atoms with van der Waals surface area (Å²) in [6.07, 6.45) is 4.82. The summed E-state index contributed by atoms with van der Waals surface area (Å²) in [7, 11) is 0. The molecule has 5 nitrogen and oxygen atoms in total. The summed E-state index contributed by atoms with van der Waals surface area (Å²) in [4.78, 5) is 12.2. The number of hydrogen-bond acceptors (Lipinski definition) is 4. The van der Waals surface area contributed by atoms with Crippen LogP contribution >= 0.6 is 0 Å². The molecule has 4 rings (SSSR count). The molecule has 3 aromatic rings. The molecule has 0 bridgehead atoms. The van der Waals surface area contributed by atoms with E-state index in [-0.39, 0.29) is 0 Å². The molecule has 2 N–H and O–H groups in total. The van der Waals surface area contributed by atoms with Crippen molar-refractivity contribution in [3.8, 4) is 11.5 Å². The second-order valence-electron chi connectivity index (χ2n) is 9.16. The highest BCUT2D eigenvalue weighted by molar-refractivity contribution is 5.78. The summed E-state index contributed by atoms with van der Waals surface area (Å²) < 4.78 is 11.7. The van der Waals surface area contributed by atoms with Crippen LogP contribution in [0.4, 0.5) is 0 Å². The molecule has 0 aliphatic heterocycles. The van der Waals surface area contributed by atoms with Crippen molar-refractivity contribution in [2.24, 2.45) is 0 Å². The van der Waals surface area contributed by atoms with Crippen LogP contribution in [0.1, 0.15) is 67.7 Å². The summed E-state index contributed by atoms with van der Waals surface area (Å²) in [5, 5.41) is 20.9. The summed E-state index contributed by atoms with van der Waals surface area (Å²) in [6.45, 7) is 1.82. The average molecular weight is 461 g/mol. The van der Waals surface area contributed by atoms with Crippen molar-refractivity contribution in [3.05, 3.63) is 95.6 Å². The van der Waals surface area contributed by atoms with E-state index in [9.17, 15) is 15.0 Å². The fourth-order valence-corrected chi connectivity index (χ4v) is 4.51. The summed E-state index contributed by atoms with van der Waals surface area (Å²) in [5.74, 6) is 0.380. The van der Waals surface area contributed by atoms with Gasteiger partial charge in [0.25, 0.3) is 0 Å². The third kappa shape index (κ3) is 5.60. The smallest absolute Gasteiger partial charge is 0.350 e. The van der Waals surface area contributed by atoms with E-state index in [1.807, 2.05) is 42.5 Å². The number of ether oxygens (including phenoxy) is 2. The molecule has 3 aromatic carbocycles. The van der Waals surface area contributed by atoms with Gasteiger partial charge in [0.15, 0.2) is 0 Å². The van der Waals surface area contributed by atoms with Crippen molar-refractivity contribution < 1.29 is 24.5 Å². The van der Waals surface area contributed by atoms with Crippen molar-refractivity contribution in [2.45, 2.75) is 63.3 Å². The molecule has 178 valence electrons. The van der Waals surface area contributed by atoms with Gasteiger partial charge in [0.1, 0.15) is 24.2 Å². The van der Waals surface area contributed by atoms with Gasteiger partial charge in [0, 0.05) is 0 Å². The molecule has 0 aromatic heterocycles. The molecule has 2 unspecified atom stereocenters. The van der Waals surface area contributed by atoms with Crippen LogP contribution < -0.4 is 9.47 Å². The standard InChI is InChI=1S/C29H32O5/c1-29(28(31)32,34-26-18-12-23(13-19-26)22-10-6-3-7-11-22)27(30)24-14-16-25(17-15-24)33-20-21-8-4-2-5-9-21/h2,4-5,8-9,12-19,22,27,30H,3,6-7,10-11,20H2,1H3,(H,31,32). The Morgan fingerprint density at radius 1 is 0.912 bits per heavy atom. The Morgan fingerprint density at radius 3 is 2.15 bits per heavy atom. The Balaban J connectivity index is 1.43. The molecule has 0 saturated heterocycles. The number of carboxylic acid groups (broad SMARTS) is 1. The van der Waals surface area contributed by atoms with Crippen molar-refractivity contribution in [1.82, 2.24) is 0 Å². The predicted octanol–water partition coefficient (Wildman–Crippen LogP) is 6.27. The number of aliphatic hydroxyl groups excluding tert-OH is 1. The first-order chi connectivity index (χ1) is 16.5. The van der Waals surface area contributed by atoms with E-state index in [0.717, 1.165) is 5.56 Å². The molecule has 2 atom stereocenters. The van der Waals surface area contributed by atoms with Gasteiger partial charge in [-0.2, -0.15) is 0 Å². The highest BCUT2D eigenvalue weighted by Gasteiger charge is 2.44. The minimum Gasteiger partial charge on any atom is -0.489 e. The van der Waals surface area contributed by atoms with E-state index in [4.69, 9.17) is 9.47 Å². The third-order valence-corrected chi connectivity index (χ3v) is 6.68. The van der Waals surface area contributed by atoms with Crippen LogP contribution in [0.25, 0.3) is 0 Å². The number of aliphatic hydroxyl groups is 1. The molecule has 0 amide bonds. The van der Waals surface area contributed by atoms with Gasteiger partial charge in [-0.1, -0.05) is 73.9 Å². The van der Waals surface area contributed by atoms with Crippen LogP contribution in [0.5, 0.6) is 11.5 Å². The zero-order valence-electron chi connectivity index (χ0n) is 19.5. The van der Waals surface area contributed by atoms with Gasteiger partial charge in [-0.15, -0.1) is 0 Å². The van der Waals surface area contributed by atoms with Gasteiger partial charge in [0.05, 0.1) is 0 Å². The molecule has 5 heteroatoms. The van der Waals surface area contributed by atoms with Gasteiger partial charge in [-0.25, -0.2) is 4.79 Å². The Morgan fingerprint density at radius 2 is 1.53 bits per heavy atom. The van der Waals surface area contributed by atoms with Crippen molar-refractivity contribution >= 4 is 5.97 Å². The highest BCUT2D eigenvalue weighted by Crippen LogP contribution is 2.35. The maximum atomic E-state index is 12.2. The monoisotopic (exact) mass is 460 g/mol. The zero-order chi connectivity index (χ0) is 24.0. The lowest BCUT2D eigenvalue weighted by molar-refractivity contribution is -0.164. The molecule has 0 spiro atoms. The molecule has 0 radical (unpaired) electrons. The molecule has 1 aliphatic rings. The maximum absolute atomic E-state index is 12.2. The lowest BCUT2D eigenvalue weighted by atomic mass is 9.84. The Hall–Kier alpha value is -3.31. The number of carbonyl (C=O) groups is 1. The molecular weight excluding hydrogens is 428 g/mol. The van der Waals surface area contributed by atoms with Crippen LogP contribution in [-0.4, -0.2) is 21.8 Å². The summed E-state index contributed by atoms with van der Waals surface area (Å²) in [5.41, 5.74) is 0.901. The van der Waals surface area contributed by atoms with Crippen molar-refractivity contribution in [3.63, 3.8) is 0 Å². The van der Waals surface area contributed by atoms with E-state index in [1.54, 1.807) is 36.4 Å². The lowest BCUT2D eigenvalue weighted by Gasteiger charge is -2.31. The summed E-state index contributed by atoms with van der Waals surface area (Å²) >= 11 is 0. The fraction of sp³-hybridized carbons (Fsp3) is 0.345. The lowest BCUT2D eigenvalue weighted by Crippen LogP contribution is -2.47. The average Bonchev–Trinajstić information content (AvgIpc) is 2.89. The van der Waals surface area contributed by atoms with Crippen LogP contribution in [0.2, 0.25) is 0 Å². The molecule has 1 fully saturated rings. The van der Waals surface area contributed by atoms with Crippen LogP contribution in [0, 0.1) is 0 Å². The normalized spacial score (nSPS) is 16.9. The number of aliphatic carboxylic acids is 1. The zero-order valence-corrected chi connectivity index (χ0v) is 19.5. The number of carboxylic acids is 1. The highest BCUT2D eigenvalue weighted by atomic mass is 16.5. The van der Waals surface area contributed by atoms with E-state index in [1.165, 1.54) is 44.6 Å². The number of rotatable bonds is 9. The Labute approximate surface area is 201 Å². The summed E-state index contributed by atoms with van der Waals surface area (Å²) in [6, 6.07) is 24.2. The minimum absolute atomic E-state index is 0.423. The second kappa shape index (κ2) is 10.7. The van der Waals surface area contributed by atoms with Gasteiger partial charge in [0.2, 0.25) is 5.60 Å². The van der Waals surface area contributed by atoms with E-state index >= 15 is 0 Å². The van der Waals surface area contributed by atoms with E-state index in [2.05, 4.69) is 0 Å². The predicted molar refractivity (Wildman–Crippen MR) is 131 cm³/mol. The second-order valence-corrected chi connectivity index (χ2v) is 9.16. The number of benzene rings is 3. The van der Waals surface area contributed by atoms with E-state index in [0.29, 0.717) is 29.6 Å².